The van der Waals surface area contributed by atoms with Crippen molar-refractivity contribution < 1.29 is 14.1 Å². The van der Waals surface area contributed by atoms with Crippen LogP contribution in [0.15, 0.2) is 42.7 Å². The van der Waals surface area contributed by atoms with Gasteiger partial charge in [0.25, 0.3) is 0 Å². The summed E-state index contributed by atoms with van der Waals surface area (Å²) in [6.45, 7) is 0. The summed E-state index contributed by atoms with van der Waals surface area (Å²) in [6.07, 6.45) is 3.47. The van der Waals surface area contributed by atoms with Crippen molar-refractivity contribution >= 4 is 5.97 Å². The first-order valence-electron chi connectivity index (χ1n) is 4.57. The van der Waals surface area contributed by atoms with Gasteiger partial charge >= 0.3 is 12.0 Å². The maximum absolute atomic E-state index is 11.6. The Morgan fingerprint density at radius 2 is 2.07 bits per heavy atom. The predicted octanol–water partition coefficient (Wildman–Crippen LogP) is 1.06. The third-order valence-corrected chi connectivity index (χ3v) is 2.02. The molecule has 0 saturated heterocycles. The molecule has 0 spiro atoms. The molecule has 0 fully saturated rings. The van der Waals surface area contributed by atoms with Crippen molar-refractivity contribution in [3.8, 4) is 6.01 Å². The third kappa shape index (κ3) is 2.04. The molecular formula is C11H11N2O2+. The molecule has 0 bridgehead atoms. The maximum atomic E-state index is 11.6. The SMILES string of the molecule is C[n+]1cc[nH]c1OC(=O)c1ccccc1. The molecule has 0 aliphatic heterocycles. The first-order chi connectivity index (χ1) is 7.27. The summed E-state index contributed by atoms with van der Waals surface area (Å²) < 4.78 is 6.83. The number of benzene rings is 1. The van der Waals surface area contributed by atoms with Crippen LogP contribution in [-0.2, 0) is 7.05 Å². The summed E-state index contributed by atoms with van der Waals surface area (Å²) in [5.74, 6) is -0.367. The summed E-state index contributed by atoms with van der Waals surface area (Å²) in [4.78, 5) is 14.4. The summed E-state index contributed by atoms with van der Waals surface area (Å²) in [7, 11) is 1.80. The molecule has 1 heterocycles. The summed E-state index contributed by atoms with van der Waals surface area (Å²) in [6, 6.07) is 9.29. The average molecular weight is 203 g/mol. The Hall–Kier alpha value is -2.10. The molecule has 1 aromatic carbocycles. The molecule has 0 saturated carbocycles. The molecule has 2 rings (SSSR count). The second-order valence-corrected chi connectivity index (χ2v) is 3.13. The number of aryl methyl sites for hydroxylation is 1. The lowest BCUT2D eigenvalue weighted by Crippen LogP contribution is -2.29. The lowest BCUT2D eigenvalue weighted by atomic mass is 10.2. The van der Waals surface area contributed by atoms with Crippen LogP contribution in [0.4, 0.5) is 0 Å². The van der Waals surface area contributed by atoms with Gasteiger partial charge in [-0.1, -0.05) is 18.2 Å². The van der Waals surface area contributed by atoms with Crippen molar-refractivity contribution in [1.29, 1.82) is 0 Å². The van der Waals surface area contributed by atoms with Crippen LogP contribution in [0.1, 0.15) is 10.4 Å². The van der Waals surface area contributed by atoms with Crippen LogP contribution in [0.25, 0.3) is 0 Å². The van der Waals surface area contributed by atoms with E-state index in [0.29, 0.717) is 11.6 Å². The fraction of sp³-hybridized carbons (Fsp3) is 0.0909. The summed E-state index contributed by atoms with van der Waals surface area (Å²) >= 11 is 0. The van der Waals surface area contributed by atoms with Gasteiger partial charge < -0.3 is 4.74 Å². The van der Waals surface area contributed by atoms with Gasteiger partial charge in [-0.3, -0.25) is 0 Å². The Morgan fingerprint density at radius 3 is 2.67 bits per heavy atom. The molecule has 76 valence electrons. The minimum absolute atomic E-state index is 0.367. The number of aromatic nitrogens is 2. The lowest BCUT2D eigenvalue weighted by molar-refractivity contribution is -0.674. The first kappa shape index (κ1) is 9.45. The van der Waals surface area contributed by atoms with Gasteiger partial charge in [0.2, 0.25) is 0 Å². The van der Waals surface area contributed by atoms with Crippen molar-refractivity contribution in [2.24, 2.45) is 7.05 Å². The Balaban J connectivity index is 2.15. The zero-order valence-corrected chi connectivity index (χ0v) is 8.31. The van der Waals surface area contributed by atoms with E-state index < -0.39 is 0 Å². The van der Waals surface area contributed by atoms with E-state index in [9.17, 15) is 4.79 Å². The molecule has 4 nitrogen and oxygen atoms in total. The number of carbonyl (C=O) groups excluding carboxylic acids is 1. The van der Waals surface area contributed by atoms with Crippen LogP contribution >= 0.6 is 0 Å². The highest BCUT2D eigenvalue weighted by atomic mass is 16.5. The van der Waals surface area contributed by atoms with Crippen molar-refractivity contribution in [1.82, 2.24) is 4.98 Å². The Kier molecular flexibility index (Phi) is 2.49. The van der Waals surface area contributed by atoms with E-state index in [1.165, 1.54) is 0 Å². The molecule has 0 radical (unpaired) electrons. The smallest absolute Gasteiger partial charge is 0.353 e. The van der Waals surface area contributed by atoms with E-state index >= 15 is 0 Å². The Labute approximate surface area is 87.1 Å². The van der Waals surface area contributed by atoms with Crippen LogP contribution in [0.3, 0.4) is 0 Å². The van der Waals surface area contributed by atoms with Gasteiger partial charge in [-0.05, 0) is 12.1 Å². The molecule has 0 amide bonds. The number of imidazole rings is 1. The first-order valence-corrected chi connectivity index (χ1v) is 4.57. The molecule has 2 aromatic rings. The third-order valence-electron chi connectivity index (χ3n) is 2.02. The van der Waals surface area contributed by atoms with Gasteiger partial charge in [-0.25, -0.2) is 9.78 Å². The molecule has 0 unspecified atom stereocenters. The second kappa shape index (κ2) is 3.96. The number of nitrogens with one attached hydrogen (secondary N) is 1. The second-order valence-electron chi connectivity index (χ2n) is 3.13. The van der Waals surface area contributed by atoms with Crippen LogP contribution in [0, 0.1) is 0 Å². The number of hydrogen-bond donors (Lipinski definition) is 1. The van der Waals surface area contributed by atoms with Crippen LogP contribution in [0.2, 0.25) is 0 Å². The van der Waals surface area contributed by atoms with Gasteiger partial charge in [0, 0.05) is 0 Å². The van der Waals surface area contributed by atoms with Crippen LogP contribution in [-0.4, -0.2) is 11.0 Å². The summed E-state index contributed by atoms with van der Waals surface area (Å²) in [5, 5.41) is 0. The highest BCUT2D eigenvalue weighted by molar-refractivity contribution is 5.90. The number of hydrogen-bond acceptors (Lipinski definition) is 2. The number of rotatable bonds is 2. The monoisotopic (exact) mass is 203 g/mol. The molecule has 0 atom stereocenters. The molecule has 1 aromatic heterocycles. The maximum Gasteiger partial charge on any atom is 0.461 e. The number of H-pyrrole nitrogens is 1. The minimum atomic E-state index is -0.367. The van der Waals surface area contributed by atoms with E-state index in [1.54, 1.807) is 48.3 Å². The van der Waals surface area contributed by atoms with E-state index in [-0.39, 0.29) is 5.97 Å². The van der Waals surface area contributed by atoms with Gasteiger partial charge in [0.15, 0.2) is 0 Å². The standard InChI is InChI=1S/C11H10N2O2/c1-13-8-7-12-11(13)15-10(14)9-5-3-2-4-6-9/h2-8H,1H3/p+1. The zero-order valence-electron chi connectivity index (χ0n) is 8.31. The minimum Gasteiger partial charge on any atom is -0.353 e. The lowest BCUT2D eigenvalue weighted by Gasteiger charge is -1.98. The van der Waals surface area contributed by atoms with Gasteiger partial charge in [0.1, 0.15) is 12.4 Å². The van der Waals surface area contributed by atoms with Gasteiger partial charge in [-0.15, -0.1) is 0 Å². The Bertz CT molecular complexity index is 462. The van der Waals surface area contributed by atoms with E-state index in [1.807, 2.05) is 6.07 Å². The molecular weight excluding hydrogens is 192 g/mol. The molecule has 0 aliphatic rings. The van der Waals surface area contributed by atoms with Gasteiger partial charge in [-0.2, -0.15) is 4.57 Å². The average Bonchev–Trinajstić information content (AvgIpc) is 2.66. The molecule has 0 aliphatic carbocycles. The molecule has 1 N–H and O–H groups in total. The number of aromatic amines is 1. The Morgan fingerprint density at radius 1 is 1.33 bits per heavy atom. The van der Waals surface area contributed by atoms with Gasteiger partial charge in [0.05, 0.1) is 12.6 Å². The van der Waals surface area contributed by atoms with Crippen molar-refractivity contribution in [2.75, 3.05) is 0 Å². The molecule has 15 heavy (non-hydrogen) atoms. The van der Waals surface area contributed by atoms with Crippen molar-refractivity contribution in [3.63, 3.8) is 0 Å². The topological polar surface area (TPSA) is 46.0 Å². The predicted molar refractivity (Wildman–Crippen MR) is 53.4 cm³/mol. The van der Waals surface area contributed by atoms with E-state index in [4.69, 9.17) is 4.74 Å². The normalized spacial score (nSPS) is 9.93. The molecule has 4 heteroatoms. The van der Waals surface area contributed by atoms with E-state index in [0.717, 1.165) is 0 Å². The van der Waals surface area contributed by atoms with Crippen molar-refractivity contribution in [2.45, 2.75) is 0 Å². The van der Waals surface area contributed by atoms with Crippen molar-refractivity contribution in [3.05, 3.63) is 48.3 Å². The largest absolute Gasteiger partial charge is 0.461 e. The number of carbonyl (C=O) groups is 1. The summed E-state index contributed by atoms with van der Waals surface area (Å²) in [5.41, 5.74) is 0.534. The van der Waals surface area contributed by atoms with Crippen LogP contribution < -0.4 is 9.30 Å². The zero-order chi connectivity index (χ0) is 10.7. The fourth-order valence-electron chi connectivity index (χ4n) is 1.21. The number of ether oxygens (including phenoxy) is 1. The fourth-order valence-corrected chi connectivity index (χ4v) is 1.21. The quantitative estimate of drug-likeness (QED) is 0.586. The number of esters is 1. The highest BCUT2D eigenvalue weighted by Gasteiger charge is 2.14. The highest BCUT2D eigenvalue weighted by Crippen LogP contribution is 2.03. The van der Waals surface area contributed by atoms with Crippen LogP contribution in [0.5, 0.6) is 6.01 Å². The van der Waals surface area contributed by atoms with E-state index in [2.05, 4.69) is 4.98 Å². The number of nitrogens with zero attached hydrogens (tertiary/aromatic N) is 1.